The molecule has 1 aromatic rings. The largest absolute Gasteiger partial charge is 0.382 e. The number of rotatable bonds is 5. The molecule has 0 saturated heterocycles. The summed E-state index contributed by atoms with van der Waals surface area (Å²) in [5, 5.41) is 0.978. The van der Waals surface area contributed by atoms with Gasteiger partial charge in [0.05, 0.1) is 30.5 Å². The summed E-state index contributed by atoms with van der Waals surface area (Å²) in [4.78, 5) is 4.04. The second-order valence-electron chi connectivity index (χ2n) is 2.61. The lowest BCUT2D eigenvalue weighted by atomic mass is 10.4. The Morgan fingerprint density at radius 3 is 2.79 bits per heavy atom. The van der Waals surface area contributed by atoms with Gasteiger partial charge in [-0.3, -0.25) is 0 Å². The number of hydrogen-bond acceptors (Lipinski definition) is 3. The van der Waals surface area contributed by atoms with Crippen LogP contribution in [0.1, 0.15) is 5.69 Å². The highest BCUT2D eigenvalue weighted by atomic mass is 35.5. The van der Waals surface area contributed by atoms with Crippen LogP contribution in [0.25, 0.3) is 0 Å². The maximum Gasteiger partial charge on any atom is 0.129 e. The molecule has 0 bridgehead atoms. The minimum absolute atomic E-state index is 0.350. The predicted octanol–water partition coefficient (Wildman–Crippen LogP) is 2.55. The maximum atomic E-state index is 5.88. The van der Waals surface area contributed by atoms with Gasteiger partial charge in [-0.15, -0.1) is 0 Å². The summed E-state index contributed by atoms with van der Waals surface area (Å²) in [6.45, 7) is 1.42. The summed E-state index contributed by atoms with van der Waals surface area (Å²) in [6.07, 6.45) is 0. The van der Waals surface area contributed by atoms with Gasteiger partial charge in [-0.25, -0.2) is 4.98 Å². The van der Waals surface area contributed by atoms with Gasteiger partial charge in [0.25, 0.3) is 0 Å². The zero-order valence-electron chi connectivity index (χ0n) is 7.80. The summed E-state index contributed by atoms with van der Waals surface area (Å²) in [7, 11) is 1.62. The molecule has 1 aromatic heterocycles. The number of hydrogen-bond donors (Lipinski definition) is 0. The first-order chi connectivity index (χ1) is 6.74. The topological polar surface area (TPSA) is 31.4 Å². The van der Waals surface area contributed by atoms with Crippen LogP contribution in [0.5, 0.6) is 0 Å². The minimum atomic E-state index is 0.350. The molecule has 0 radical (unpaired) electrons. The molecule has 0 N–H and O–H groups in total. The lowest BCUT2D eigenvalue weighted by Crippen LogP contribution is -2.03. The predicted molar refractivity (Wildman–Crippen MR) is 55.8 cm³/mol. The Balaban J connectivity index is 2.45. The van der Waals surface area contributed by atoms with Gasteiger partial charge in [-0.1, -0.05) is 23.2 Å². The number of aromatic nitrogens is 1. The van der Waals surface area contributed by atoms with E-state index in [-0.39, 0.29) is 0 Å². The fraction of sp³-hybridized carbons (Fsp3) is 0.444. The van der Waals surface area contributed by atoms with Crippen molar-refractivity contribution in [3.05, 3.63) is 28.0 Å². The summed E-state index contributed by atoms with van der Waals surface area (Å²) in [5.41, 5.74) is 0.648. The zero-order chi connectivity index (χ0) is 10.4. The number of pyridine rings is 1. The van der Waals surface area contributed by atoms with E-state index < -0.39 is 0 Å². The van der Waals surface area contributed by atoms with Crippen molar-refractivity contribution >= 4 is 23.2 Å². The van der Waals surface area contributed by atoms with Crippen molar-refractivity contribution in [2.45, 2.75) is 6.61 Å². The molecule has 14 heavy (non-hydrogen) atoms. The van der Waals surface area contributed by atoms with Crippen LogP contribution in [0, 0.1) is 0 Å². The molecule has 0 aromatic carbocycles. The van der Waals surface area contributed by atoms with Crippen molar-refractivity contribution in [1.82, 2.24) is 4.98 Å². The van der Waals surface area contributed by atoms with Crippen molar-refractivity contribution in [3.63, 3.8) is 0 Å². The molecule has 1 rings (SSSR count). The zero-order valence-corrected chi connectivity index (χ0v) is 9.31. The van der Waals surface area contributed by atoms with Gasteiger partial charge >= 0.3 is 0 Å². The van der Waals surface area contributed by atoms with Crippen LogP contribution in [0.15, 0.2) is 12.1 Å². The fourth-order valence-electron chi connectivity index (χ4n) is 0.870. The average Bonchev–Trinajstić information content (AvgIpc) is 2.18. The SMILES string of the molecule is COCCOCc1nc(Cl)ccc1Cl. The van der Waals surface area contributed by atoms with Gasteiger partial charge in [0.15, 0.2) is 0 Å². The lowest BCUT2D eigenvalue weighted by molar-refractivity contribution is 0.0602. The highest BCUT2D eigenvalue weighted by molar-refractivity contribution is 6.32. The number of methoxy groups -OCH3 is 1. The summed E-state index contributed by atoms with van der Waals surface area (Å²) in [6, 6.07) is 3.34. The number of halogens is 2. The molecule has 0 aliphatic carbocycles. The average molecular weight is 236 g/mol. The Hall–Kier alpha value is -0.350. The third-order valence-corrected chi connectivity index (χ3v) is 2.11. The Kier molecular flexibility index (Phi) is 5.19. The molecule has 78 valence electrons. The van der Waals surface area contributed by atoms with E-state index in [1.165, 1.54) is 0 Å². The van der Waals surface area contributed by atoms with Crippen LogP contribution in [-0.2, 0) is 16.1 Å². The van der Waals surface area contributed by atoms with Gasteiger partial charge in [0, 0.05) is 7.11 Å². The van der Waals surface area contributed by atoms with Crippen molar-refractivity contribution in [1.29, 1.82) is 0 Å². The molecule has 0 aliphatic rings. The smallest absolute Gasteiger partial charge is 0.129 e. The Bertz CT molecular complexity index is 294. The molecule has 0 aliphatic heterocycles. The molecule has 0 atom stereocenters. The standard InChI is InChI=1S/C9H11Cl2NO2/c1-13-4-5-14-6-8-7(10)2-3-9(11)12-8/h2-3H,4-6H2,1H3. The van der Waals surface area contributed by atoms with Crippen LogP contribution < -0.4 is 0 Å². The van der Waals surface area contributed by atoms with E-state index in [2.05, 4.69) is 4.98 Å². The van der Waals surface area contributed by atoms with Crippen molar-refractivity contribution in [2.75, 3.05) is 20.3 Å². The monoisotopic (exact) mass is 235 g/mol. The van der Waals surface area contributed by atoms with E-state index >= 15 is 0 Å². The number of ether oxygens (including phenoxy) is 2. The van der Waals surface area contributed by atoms with Crippen LogP contribution in [0.3, 0.4) is 0 Å². The molecule has 0 saturated carbocycles. The first kappa shape index (κ1) is 11.7. The van der Waals surface area contributed by atoms with Crippen molar-refractivity contribution in [3.8, 4) is 0 Å². The van der Waals surface area contributed by atoms with Gasteiger partial charge in [-0.2, -0.15) is 0 Å². The quantitative estimate of drug-likeness (QED) is 0.581. The molecule has 3 nitrogen and oxygen atoms in total. The molecular weight excluding hydrogens is 225 g/mol. The van der Waals surface area contributed by atoms with E-state index in [0.717, 1.165) is 0 Å². The van der Waals surface area contributed by atoms with Crippen molar-refractivity contribution < 1.29 is 9.47 Å². The highest BCUT2D eigenvalue weighted by Gasteiger charge is 2.02. The molecule has 1 heterocycles. The Morgan fingerprint density at radius 2 is 2.07 bits per heavy atom. The van der Waals surface area contributed by atoms with Crippen LogP contribution >= 0.6 is 23.2 Å². The molecular formula is C9H11Cl2NO2. The van der Waals surface area contributed by atoms with Gasteiger partial charge < -0.3 is 9.47 Å². The molecule has 0 amide bonds. The van der Waals surface area contributed by atoms with E-state index in [0.29, 0.717) is 35.7 Å². The number of nitrogens with zero attached hydrogens (tertiary/aromatic N) is 1. The van der Waals surface area contributed by atoms with Crippen LogP contribution in [0.4, 0.5) is 0 Å². The second kappa shape index (κ2) is 6.19. The summed E-state index contributed by atoms with van der Waals surface area (Å²) >= 11 is 11.6. The summed E-state index contributed by atoms with van der Waals surface area (Å²) in [5.74, 6) is 0. The lowest BCUT2D eigenvalue weighted by Gasteiger charge is -2.04. The third kappa shape index (κ3) is 3.80. The fourth-order valence-corrected chi connectivity index (χ4v) is 1.19. The van der Waals surface area contributed by atoms with Crippen molar-refractivity contribution in [2.24, 2.45) is 0 Å². The maximum absolute atomic E-state index is 5.88. The van der Waals surface area contributed by atoms with Crippen LogP contribution in [0.2, 0.25) is 10.2 Å². The van der Waals surface area contributed by atoms with E-state index in [4.69, 9.17) is 32.7 Å². The first-order valence-corrected chi connectivity index (χ1v) is 4.87. The van der Waals surface area contributed by atoms with Gasteiger partial charge in [0.2, 0.25) is 0 Å². The second-order valence-corrected chi connectivity index (χ2v) is 3.40. The van der Waals surface area contributed by atoms with E-state index in [9.17, 15) is 0 Å². The van der Waals surface area contributed by atoms with E-state index in [1.807, 2.05) is 0 Å². The van der Waals surface area contributed by atoms with Crippen LogP contribution in [-0.4, -0.2) is 25.3 Å². The molecule has 5 heteroatoms. The van der Waals surface area contributed by atoms with Gasteiger partial charge in [0.1, 0.15) is 5.15 Å². The third-order valence-electron chi connectivity index (χ3n) is 1.56. The molecule has 0 spiro atoms. The summed E-state index contributed by atoms with van der Waals surface area (Å²) < 4.78 is 10.1. The normalized spacial score (nSPS) is 10.5. The minimum Gasteiger partial charge on any atom is -0.382 e. The highest BCUT2D eigenvalue weighted by Crippen LogP contribution is 2.17. The Morgan fingerprint density at radius 1 is 1.29 bits per heavy atom. The molecule has 0 unspecified atom stereocenters. The Labute approximate surface area is 92.9 Å². The van der Waals surface area contributed by atoms with E-state index in [1.54, 1.807) is 19.2 Å². The van der Waals surface area contributed by atoms with Gasteiger partial charge in [-0.05, 0) is 12.1 Å². The molecule has 0 fully saturated rings. The first-order valence-electron chi connectivity index (χ1n) is 4.11.